The molecule has 1 aliphatic rings. The number of para-hydroxylation sites is 2. The molecule has 1 amide bonds. The summed E-state index contributed by atoms with van der Waals surface area (Å²) in [6.07, 6.45) is 1.16. The number of amides is 1. The van der Waals surface area contributed by atoms with E-state index >= 15 is 0 Å². The third kappa shape index (κ3) is 4.43. The monoisotopic (exact) mass is 442 g/mol. The zero-order valence-corrected chi connectivity index (χ0v) is 17.5. The lowest BCUT2D eigenvalue weighted by Crippen LogP contribution is -2.43. The van der Waals surface area contributed by atoms with Crippen molar-refractivity contribution in [2.45, 2.75) is 17.7 Å². The number of sulfonamides is 1. The Balaban J connectivity index is 1.78. The molecule has 1 fully saturated rings. The summed E-state index contributed by atoms with van der Waals surface area (Å²) in [5.74, 6) is -0.185. The number of hydrogen-bond donors (Lipinski definition) is 1. The minimum atomic E-state index is -3.86. The van der Waals surface area contributed by atoms with Crippen LogP contribution in [-0.2, 0) is 14.8 Å². The smallest absolute Gasteiger partial charge is 0.244 e. The van der Waals surface area contributed by atoms with Crippen LogP contribution in [0.25, 0.3) is 0 Å². The summed E-state index contributed by atoms with van der Waals surface area (Å²) >= 11 is 12.0. The van der Waals surface area contributed by atoms with Crippen molar-refractivity contribution >= 4 is 44.8 Å². The van der Waals surface area contributed by atoms with Crippen LogP contribution in [0.3, 0.4) is 0 Å². The standard InChI is InChI=1S/C19H20Cl2N2O4S/c1-27-17-7-3-2-6-16(17)22-19(24)13-5-4-10-23(12-13)28(25,26)18-11-14(20)8-9-15(18)21/h2-3,6-9,11,13H,4-5,10,12H2,1H3,(H,22,24)/t13-/m1/s1. The number of nitrogens with zero attached hydrogens (tertiary/aromatic N) is 1. The molecule has 150 valence electrons. The van der Waals surface area contributed by atoms with Crippen LogP contribution >= 0.6 is 23.2 Å². The molecule has 1 atom stereocenters. The normalized spacial score (nSPS) is 17.9. The van der Waals surface area contributed by atoms with Gasteiger partial charge in [0.25, 0.3) is 0 Å². The molecule has 1 N–H and O–H groups in total. The summed E-state index contributed by atoms with van der Waals surface area (Å²) in [5, 5.41) is 3.22. The van der Waals surface area contributed by atoms with Crippen LogP contribution in [0.1, 0.15) is 12.8 Å². The highest BCUT2D eigenvalue weighted by Crippen LogP contribution is 2.31. The summed E-state index contributed by atoms with van der Waals surface area (Å²) in [4.78, 5) is 12.7. The van der Waals surface area contributed by atoms with E-state index < -0.39 is 15.9 Å². The molecule has 0 radical (unpaired) electrons. The lowest BCUT2D eigenvalue weighted by atomic mass is 9.98. The fourth-order valence-corrected chi connectivity index (χ4v) is 5.43. The van der Waals surface area contributed by atoms with Gasteiger partial charge in [-0.25, -0.2) is 8.42 Å². The Morgan fingerprint density at radius 2 is 1.96 bits per heavy atom. The average Bonchev–Trinajstić information content (AvgIpc) is 2.70. The lowest BCUT2D eigenvalue weighted by molar-refractivity contribution is -0.120. The van der Waals surface area contributed by atoms with Crippen molar-refractivity contribution in [1.29, 1.82) is 0 Å². The molecule has 1 aliphatic heterocycles. The van der Waals surface area contributed by atoms with Gasteiger partial charge in [-0.2, -0.15) is 4.31 Å². The first kappa shape index (κ1) is 20.9. The zero-order chi connectivity index (χ0) is 20.3. The van der Waals surface area contributed by atoms with Crippen molar-refractivity contribution in [3.05, 3.63) is 52.5 Å². The number of carbonyl (C=O) groups is 1. The Labute approximate surface area is 174 Å². The van der Waals surface area contributed by atoms with Gasteiger partial charge in [-0.3, -0.25) is 4.79 Å². The highest BCUT2D eigenvalue weighted by Gasteiger charge is 2.34. The van der Waals surface area contributed by atoms with Crippen LogP contribution in [0.2, 0.25) is 10.0 Å². The minimum absolute atomic E-state index is 0.0487. The first-order chi connectivity index (χ1) is 13.3. The Morgan fingerprint density at radius 3 is 2.71 bits per heavy atom. The summed E-state index contributed by atoms with van der Waals surface area (Å²) < 4.78 is 32.6. The van der Waals surface area contributed by atoms with Gasteiger partial charge < -0.3 is 10.1 Å². The van der Waals surface area contributed by atoms with Crippen LogP contribution in [0.4, 0.5) is 5.69 Å². The first-order valence-electron chi connectivity index (χ1n) is 8.72. The summed E-state index contributed by atoms with van der Waals surface area (Å²) in [6, 6.07) is 11.4. The van der Waals surface area contributed by atoms with Crippen molar-refractivity contribution in [2.24, 2.45) is 5.92 Å². The van der Waals surface area contributed by atoms with Crippen LogP contribution in [-0.4, -0.2) is 38.8 Å². The lowest BCUT2D eigenvalue weighted by Gasteiger charge is -2.31. The Hall–Kier alpha value is -1.80. The number of benzene rings is 2. The number of ether oxygens (including phenoxy) is 1. The number of hydrogen-bond acceptors (Lipinski definition) is 4. The predicted molar refractivity (Wildman–Crippen MR) is 110 cm³/mol. The van der Waals surface area contributed by atoms with Crippen molar-refractivity contribution < 1.29 is 17.9 Å². The number of piperidine rings is 1. The molecular weight excluding hydrogens is 423 g/mol. The van der Waals surface area contributed by atoms with Gasteiger partial charge in [0, 0.05) is 18.1 Å². The maximum absolute atomic E-state index is 13.0. The molecule has 0 aliphatic carbocycles. The quantitative estimate of drug-likeness (QED) is 0.757. The molecule has 3 rings (SSSR count). The first-order valence-corrected chi connectivity index (χ1v) is 10.9. The Kier molecular flexibility index (Phi) is 6.50. The molecule has 9 heteroatoms. The van der Waals surface area contributed by atoms with Crippen LogP contribution in [0, 0.1) is 5.92 Å². The number of nitrogens with one attached hydrogen (secondary N) is 1. The SMILES string of the molecule is COc1ccccc1NC(=O)[C@@H]1CCCN(S(=O)(=O)c2cc(Cl)ccc2Cl)C1. The van der Waals surface area contributed by atoms with E-state index in [0.717, 1.165) is 0 Å². The van der Waals surface area contributed by atoms with Gasteiger partial charge in [0.1, 0.15) is 10.6 Å². The van der Waals surface area contributed by atoms with E-state index in [1.165, 1.54) is 29.6 Å². The molecular formula is C19H20Cl2N2O4S. The van der Waals surface area contributed by atoms with E-state index in [1.807, 2.05) is 0 Å². The average molecular weight is 443 g/mol. The molecule has 2 aromatic carbocycles. The van der Waals surface area contributed by atoms with E-state index in [0.29, 0.717) is 30.8 Å². The van der Waals surface area contributed by atoms with E-state index in [2.05, 4.69) is 5.32 Å². The Bertz CT molecular complexity index is 982. The topological polar surface area (TPSA) is 75.7 Å². The van der Waals surface area contributed by atoms with E-state index in [1.54, 1.807) is 24.3 Å². The van der Waals surface area contributed by atoms with Crippen molar-refractivity contribution in [1.82, 2.24) is 4.31 Å². The van der Waals surface area contributed by atoms with E-state index in [4.69, 9.17) is 27.9 Å². The fraction of sp³-hybridized carbons (Fsp3) is 0.316. The Morgan fingerprint density at radius 1 is 1.21 bits per heavy atom. The van der Waals surface area contributed by atoms with Crippen LogP contribution < -0.4 is 10.1 Å². The summed E-state index contributed by atoms with van der Waals surface area (Å²) in [5.41, 5.74) is 0.549. The largest absolute Gasteiger partial charge is 0.495 e. The second-order valence-electron chi connectivity index (χ2n) is 6.47. The fourth-order valence-electron chi connectivity index (χ4n) is 3.17. The number of methoxy groups -OCH3 is 1. The number of halogens is 2. The van der Waals surface area contributed by atoms with Crippen LogP contribution in [0.15, 0.2) is 47.4 Å². The molecule has 1 heterocycles. The second kappa shape index (κ2) is 8.69. The van der Waals surface area contributed by atoms with Crippen molar-refractivity contribution in [2.75, 3.05) is 25.5 Å². The van der Waals surface area contributed by atoms with Crippen LogP contribution in [0.5, 0.6) is 5.75 Å². The maximum Gasteiger partial charge on any atom is 0.244 e. The highest BCUT2D eigenvalue weighted by molar-refractivity contribution is 7.89. The third-order valence-corrected chi connectivity index (χ3v) is 7.21. The molecule has 0 saturated carbocycles. The maximum atomic E-state index is 13.0. The molecule has 28 heavy (non-hydrogen) atoms. The summed E-state index contributed by atoms with van der Waals surface area (Å²) in [6.45, 7) is 0.399. The zero-order valence-electron chi connectivity index (χ0n) is 15.2. The second-order valence-corrected chi connectivity index (χ2v) is 9.22. The predicted octanol–water partition coefficient (Wildman–Crippen LogP) is 4.04. The highest BCUT2D eigenvalue weighted by atomic mass is 35.5. The van der Waals surface area contributed by atoms with Crippen molar-refractivity contribution in [3.63, 3.8) is 0 Å². The molecule has 0 spiro atoms. The van der Waals surface area contributed by atoms with Gasteiger partial charge >= 0.3 is 0 Å². The van der Waals surface area contributed by atoms with Gasteiger partial charge in [0.15, 0.2) is 0 Å². The van der Waals surface area contributed by atoms with Gasteiger partial charge in [0.2, 0.25) is 15.9 Å². The number of carbonyl (C=O) groups excluding carboxylic acids is 1. The third-order valence-electron chi connectivity index (χ3n) is 4.63. The molecule has 0 aromatic heterocycles. The molecule has 6 nitrogen and oxygen atoms in total. The van der Waals surface area contributed by atoms with Gasteiger partial charge in [-0.1, -0.05) is 35.3 Å². The number of anilines is 1. The minimum Gasteiger partial charge on any atom is -0.495 e. The molecule has 1 saturated heterocycles. The van der Waals surface area contributed by atoms with E-state index in [9.17, 15) is 13.2 Å². The van der Waals surface area contributed by atoms with Gasteiger partial charge in [-0.15, -0.1) is 0 Å². The molecule has 2 aromatic rings. The number of rotatable bonds is 5. The molecule has 0 unspecified atom stereocenters. The van der Waals surface area contributed by atoms with Gasteiger partial charge in [-0.05, 0) is 43.2 Å². The van der Waals surface area contributed by atoms with E-state index in [-0.39, 0.29) is 27.4 Å². The molecule has 0 bridgehead atoms. The van der Waals surface area contributed by atoms with Gasteiger partial charge in [0.05, 0.1) is 23.7 Å². The summed E-state index contributed by atoms with van der Waals surface area (Å²) in [7, 11) is -2.33. The van der Waals surface area contributed by atoms with Crippen molar-refractivity contribution in [3.8, 4) is 5.75 Å².